The van der Waals surface area contributed by atoms with Gasteiger partial charge in [-0.05, 0) is 25.0 Å². The molecule has 116 valence electrons. The number of hydrogen-bond acceptors (Lipinski definition) is 6. The summed E-state index contributed by atoms with van der Waals surface area (Å²) >= 11 is 0. The molecule has 3 aliphatic heterocycles. The molecule has 3 aliphatic rings. The fourth-order valence-electron chi connectivity index (χ4n) is 3.31. The number of rotatable bonds is 2. The molecule has 3 heterocycles. The molecule has 4 rings (SSSR count). The Morgan fingerprint density at radius 3 is 2.91 bits per heavy atom. The normalized spacial score (nSPS) is 27.9. The monoisotopic (exact) mass is 304 g/mol. The van der Waals surface area contributed by atoms with Gasteiger partial charge in [0.2, 0.25) is 12.7 Å². The van der Waals surface area contributed by atoms with Crippen molar-refractivity contribution in [3.05, 3.63) is 17.7 Å². The van der Waals surface area contributed by atoms with Crippen LogP contribution in [0.15, 0.2) is 12.1 Å². The Morgan fingerprint density at radius 1 is 1.36 bits per heavy atom. The van der Waals surface area contributed by atoms with Crippen LogP contribution in [-0.4, -0.2) is 31.3 Å². The van der Waals surface area contributed by atoms with Crippen molar-refractivity contribution in [2.24, 2.45) is 5.92 Å². The van der Waals surface area contributed by atoms with Crippen LogP contribution >= 0.6 is 0 Å². The number of amides is 1. The van der Waals surface area contributed by atoms with Crippen molar-refractivity contribution in [2.75, 3.05) is 18.7 Å². The second-order valence-corrected chi connectivity index (χ2v) is 5.57. The minimum Gasteiger partial charge on any atom is -0.465 e. The van der Waals surface area contributed by atoms with Crippen LogP contribution in [-0.2, 0) is 14.3 Å². The van der Waals surface area contributed by atoms with Gasteiger partial charge in [0, 0.05) is 17.8 Å². The van der Waals surface area contributed by atoms with E-state index in [4.69, 9.17) is 14.2 Å². The zero-order valence-electron chi connectivity index (χ0n) is 12.0. The Bertz CT molecular complexity index is 660. The molecule has 0 bridgehead atoms. The first-order valence-electron chi connectivity index (χ1n) is 7.34. The third-order valence-corrected chi connectivity index (χ3v) is 4.32. The van der Waals surface area contributed by atoms with E-state index >= 15 is 0 Å². The van der Waals surface area contributed by atoms with E-state index in [-0.39, 0.29) is 30.6 Å². The van der Waals surface area contributed by atoms with E-state index < -0.39 is 6.04 Å². The van der Waals surface area contributed by atoms with Gasteiger partial charge in [0.05, 0.1) is 12.5 Å². The van der Waals surface area contributed by atoms with Crippen molar-refractivity contribution in [3.63, 3.8) is 0 Å². The molecule has 0 radical (unpaired) electrons. The number of anilines is 1. The van der Waals surface area contributed by atoms with Crippen molar-refractivity contribution < 1.29 is 23.8 Å². The minimum absolute atomic E-state index is 0.0873. The molecule has 0 spiro atoms. The maximum atomic E-state index is 12.3. The third kappa shape index (κ3) is 1.93. The van der Waals surface area contributed by atoms with Crippen molar-refractivity contribution in [1.82, 2.24) is 5.32 Å². The number of ether oxygens (including phenoxy) is 3. The maximum absolute atomic E-state index is 12.3. The SMILES string of the molecule is CCOC(=O)[C@H]1C[C@H]2C(=O)Nc3cc4c(cc3[C@H]2N1)OCO4. The number of carbonyl (C=O) groups excluding carboxylic acids is 2. The Hall–Kier alpha value is -2.28. The zero-order chi connectivity index (χ0) is 15.3. The lowest BCUT2D eigenvalue weighted by atomic mass is 9.88. The fraction of sp³-hybridized carbons (Fsp3) is 0.467. The van der Waals surface area contributed by atoms with E-state index in [1.54, 1.807) is 13.0 Å². The number of hydrogen-bond donors (Lipinski definition) is 2. The molecule has 0 aromatic heterocycles. The number of fused-ring (bicyclic) bond motifs is 4. The number of nitrogens with one attached hydrogen (secondary N) is 2. The topological polar surface area (TPSA) is 85.9 Å². The lowest BCUT2D eigenvalue weighted by Gasteiger charge is -2.28. The second-order valence-electron chi connectivity index (χ2n) is 5.57. The summed E-state index contributed by atoms with van der Waals surface area (Å²) in [4.78, 5) is 24.2. The van der Waals surface area contributed by atoms with Crippen molar-refractivity contribution >= 4 is 17.6 Å². The van der Waals surface area contributed by atoms with Gasteiger partial charge in [-0.1, -0.05) is 0 Å². The quantitative estimate of drug-likeness (QED) is 0.791. The van der Waals surface area contributed by atoms with Crippen molar-refractivity contribution in [2.45, 2.75) is 25.4 Å². The highest BCUT2D eigenvalue weighted by atomic mass is 16.7. The van der Waals surface area contributed by atoms with Gasteiger partial charge in [-0.3, -0.25) is 14.9 Å². The first-order chi connectivity index (χ1) is 10.7. The van der Waals surface area contributed by atoms with Gasteiger partial charge in [0.15, 0.2) is 11.5 Å². The molecule has 1 amide bonds. The van der Waals surface area contributed by atoms with E-state index in [1.807, 2.05) is 6.07 Å². The van der Waals surface area contributed by atoms with Gasteiger partial charge in [0.25, 0.3) is 0 Å². The van der Waals surface area contributed by atoms with Crippen LogP contribution in [0, 0.1) is 5.92 Å². The molecule has 1 saturated heterocycles. The maximum Gasteiger partial charge on any atom is 0.323 e. The summed E-state index contributed by atoms with van der Waals surface area (Å²) in [7, 11) is 0. The van der Waals surface area contributed by atoms with Crippen molar-refractivity contribution in [1.29, 1.82) is 0 Å². The van der Waals surface area contributed by atoms with E-state index in [0.717, 1.165) is 5.56 Å². The molecule has 0 saturated carbocycles. The number of benzene rings is 1. The summed E-state index contributed by atoms with van der Waals surface area (Å²) in [5.74, 6) is 0.595. The van der Waals surface area contributed by atoms with Crippen LogP contribution < -0.4 is 20.1 Å². The molecule has 0 aliphatic carbocycles. The van der Waals surface area contributed by atoms with E-state index in [9.17, 15) is 9.59 Å². The smallest absolute Gasteiger partial charge is 0.323 e. The Balaban J connectivity index is 1.67. The molecule has 1 aromatic rings. The molecular weight excluding hydrogens is 288 g/mol. The number of esters is 1. The highest BCUT2D eigenvalue weighted by Gasteiger charge is 2.46. The molecule has 1 aromatic carbocycles. The number of carbonyl (C=O) groups is 2. The summed E-state index contributed by atoms with van der Waals surface area (Å²) in [6.45, 7) is 2.27. The Kier molecular flexibility index (Phi) is 2.97. The lowest BCUT2D eigenvalue weighted by molar-refractivity contribution is -0.145. The van der Waals surface area contributed by atoms with Gasteiger partial charge in [-0.25, -0.2) is 0 Å². The van der Waals surface area contributed by atoms with Crippen LogP contribution in [0.4, 0.5) is 5.69 Å². The van der Waals surface area contributed by atoms with Gasteiger partial charge in [-0.2, -0.15) is 0 Å². The predicted molar refractivity (Wildman–Crippen MR) is 75.6 cm³/mol. The lowest BCUT2D eigenvalue weighted by Crippen LogP contribution is -2.36. The molecule has 7 nitrogen and oxygen atoms in total. The summed E-state index contributed by atoms with van der Waals surface area (Å²) in [5.41, 5.74) is 1.62. The van der Waals surface area contributed by atoms with Crippen LogP contribution in [0.25, 0.3) is 0 Å². The standard InChI is InChI=1S/C15H16N2O5/c1-2-20-15(19)10-3-8-13(16-10)7-4-11-12(22-6-21-11)5-9(7)17-14(8)18/h4-5,8,10,13,16H,2-3,6H2,1H3,(H,17,18)/t8-,10-,13-/m1/s1. The average Bonchev–Trinajstić information content (AvgIpc) is 3.12. The van der Waals surface area contributed by atoms with E-state index in [1.165, 1.54) is 0 Å². The Morgan fingerprint density at radius 2 is 2.14 bits per heavy atom. The molecular formula is C15H16N2O5. The summed E-state index contributed by atoms with van der Waals surface area (Å²) < 4.78 is 15.8. The molecule has 0 unspecified atom stereocenters. The first kappa shape index (κ1) is 13.4. The first-order valence-corrected chi connectivity index (χ1v) is 7.34. The summed E-state index contributed by atoms with van der Waals surface area (Å²) in [6, 6.07) is 2.96. The molecule has 1 fully saturated rings. The summed E-state index contributed by atoms with van der Waals surface area (Å²) in [6.07, 6.45) is 0.434. The zero-order valence-corrected chi connectivity index (χ0v) is 12.0. The van der Waals surface area contributed by atoms with Gasteiger partial charge >= 0.3 is 5.97 Å². The third-order valence-electron chi connectivity index (χ3n) is 4.32. The molecule has 3 atom stereocenters. The summed E-state index contributed by atoms with van der Waals surface area (Å²) in [5, 5.41) is 6.11. The second kappa shape index (κ2) is 4.88. The molecule has 22 heavy (non-hydrogen) atoms. The van der Waals surface area contributed by atoms with Gasteiger partial charge in [0.1, 0.15) is 6.04 Å². The minimum atomic E-state index is -0.461. The highest BCUT2D eigenvalue weighted by molar-refractivity contribution is 5.98. The largest absolute Gasteiger partial charge is 0.465 e. The van der Waals surface area contributed by atoms with E-state index in [2.05, 4.69) is 10.6 Å². The Labute approximate surface area is 126 Å². The van der Waals surface area contributed by atoms with Crippen LogP contribution in [0.2, 0.25) is 0 Å². The molecule has 2 N–H and O–H groups in total. The van der Waals surface area contributed by atoms with Crippen LogP contribution in [0.3, 0.4) is 0 Å². The van der Waals surface area contributed by atoms with Crippen LogP contribution in [0.1, 0.15) is 24.9 Å². The average molecular weight is 304 g/mol. The highest BCUT2D eigenvalue weighted by Crippen LogP contribution is 2.46. The van der Waals surface area contributed by atoms with Crippen molar-refractivity contribution in [3.8, 4) is 11.5 Å². The predicted octanol–water partition coefficient (Wildman–Crippen LogP) is 0.950. The van der Waals surface area contributed by atoms with Gasteiger partial charge < -0.3 is 19.5 Å². The van der Waals surface area contributed by atoms with Gasteiger partial charge in [-0.15, -0.1) is 0 Å². The molecule has 7 heteroatoms. The fourth-order valence-corrected chi connectivity index (χ4v) is 3.31. The van der Waals surface area contributed by atoms with Crippen LogP contribution in [0.5, 0.6) is 11.5 Å². The van der Waals surface area contributed by atoms with E-state index in [0.29, 0.717) is 30.2 Å².